The van der Waals surface area contributed by atoms with E-state index < -0.39 is 0 Å². The Balaban J connectivity index is 1.51. The predicted octanol–water partition coefficient (Wildman–Crippen LogP) is 4.48. The van der Waals surface area contributed by atoms with Crippen LogP contribution in [0.2, 0.25) is 0 Å². The van der Waals surface area contributed by atoms with Gasteiger partial charge in [-0.05, 0) is 38.3 Å². The molecule has 0 saturated heterocycles. The van der Waals surface area contributed by atoms with Crippen molar-refractivity contribution in [3.8, 4) is 11.3 Å². The molecule has 0 saturated carbocycles. The molecular weight excluding hydrogens is 366 g/mol. The van der Waals surface area contributed by atoms with Gasteiger partial charge in [-0.2, -0.15) is 0 Å². The van der Waals surface area contributed by atoms with E-state index >= 15 is 0 Å². The van der Waals surface area contributed by atoms with Crippen LogP contribution in [0.1, 0.15) is 33.8 Å². The molecule has 6 heteroatoms. The number of aliphatic imine (C=N–C) groups is 1. The molecule has 28 heavy (non-hydrogen) atoms. The normalized spacial score (nSPS) is 13.8. The monoisotopic (exact) mass is 391 g/mol. The summed E-state index contributed by atoms with van der Waals surface area (Å²) < 4.78 is 0. The minimum Gasteiger partial charge on any atom is -0.356 e. The lowest BCUT2D eigenvalue weighted by Gasteiger charge is -2.17. The quantitative estimate of drug-likeness (QED) is 0.688. The maximum absolute atomic E-state index is 4.84. The Morgan fingerprint density at radius 3 is 2.68 bits per heavy atom. The molecule has 3 aromatic rings. The Morgan fingerprint density at radius 1 is 1.11 bits per heavy atom. The fourth-order valence-corrected chi connectivity index (χ4v) is 4.03. The van der Waals surface area contributed by atoms with Crippen LogP contribution in [0.15, 0.2) is 40.7 Å². The standard InChI is InChI=1S/C22H25N5S/c1-14-5-7-17(8-6-14)19-13-28-20(26-19)12-18-11-15(2)21(25-16(18)3)27-22-23-9-4-10-24-22/h5-8,11,13H,4,9-10,12H2,1-3H3,(H2,23,24,25,27). The molecule has 0 fully saturated rings. The number of hydrogen-bond acceptors (Lipinski definition) is 6. The van der Waals surface area contributed by atoms with Gasteiger partial charge in [-0.25, -0.2) is 9.97 Å². The number of hydrogen-bond donors (Lipinski definition) is 2. The van der Waals surface area contributed by atoms with E-state index in [1.165, 1.54) is 16.7 Å². The summed E-state index contributed by atoms with van der Waals surface area (Å²) >= 11 is 1.71. The minimum absolute atomic E-state index is 0.801. The number of nitrogens with one attached hydrogen (secondary N) is 2. The van der Waals surface area contributed by atoms with Crippen molar-refractivity contribution in [1.82, 2.24) is 15.3 Å². The first-order valence-electron chi connectivity index (χ1n) is 9.62. The first-order valence-corrected chi connectivity index (χ1v) is 10.5. The van der Waals surface area contributed by atoms with E-state index in [-0.39, 0.29) is 0 Å². The summed E-state index contributed by atoms with van der Waals surface area (Å²) in [5.41, 5.74) is 6.83. The summed E-state index contributed by atoms with van der Waals surface area (Å²) in [6.45, 7) is 8.06. The SMILES string of the molecule is Cc1ccc(-c2csc(Cc3cc(C)c(NC4=NCCCN4)nc3C)n2)cc1. The van der Waals surface area contributed by atoms with Gasteiger partial charge >= 0.3 is 0 Å². The van der Waals surface area contributed by atoms with Crippen molar-refractivity contribution in [2.75, 3.05) is 18.4 Å². The van der Waals surface area contributed by atoms with Gasteiger partial charge in [0.05, 0.1) is 10.7 Å². The third-order valence-electron chi connectivity index (χ3n) is 4.88. The van der Waals surface area contributed by atoms with Crippen molar-refractivity contribution in [3.05, 3.63) is 63.1 Å². The van der Waals surface area contributed by atoms with Gasteiger partial charge < -0.3 is 10.6 Å². The highest BCUT2D eigenvalue weighted by Gasteiger charge is 2.12. The maximum atomic E-state index is 4.84. The van der Waals surface area contributed by atoms with Crippen LogP contribution in [0.3, 0.4) is 0 Å². The summed E-state index contributed by atoms with van der Waals surface area (Å²) in [7, 11) is 0. The summed E-state index contributed by atoms with van der Waals surface area (Å²) in [6.07, 6.45) is 1.88. The van der Waals surface area contributed by atoms with Crippen molar-refractivity contribution < 1.29 is 0 Å². The molecule has 0 unspecified atom stereocenters. The molecule has 4 rings (SSSR count). The Hall–Kier alpha value is -2.73. The zero-order chi connectivity index (χ0) is 19.5. The third kappa shape index (κ3) is 4.22. The van der Waals surface area contributed by atoms with Gasteiger partial charge in [0.1, 0.15) is 5.82 Å². The molecule has 0 atom stereocenters. The first kappa shape index (κ1) is 18.6. The molecule has 0 bridgehead atoms. The van der Waals surface area contributed by atoms with Crippen LogP contribution in [0.5, 0.6) is 0 Å². The number of guanidine groups is 1. The van der Waals surface area contributed by atoms with Crippen LogP contribution >= 0.6 is 11.3 Å². The van der Waals surface area contributed by atoms with Crippen LogP contribution in [-0.4, -0.2) is 29.0 Å². The topological polar surface area (TPSA) is 62.2 Å². The number of aromatic nitrogens is 2. The Labute approximate surface area is 170 Å². The lowest BCUT2D eigenvalue weighted by atomic mass is 10.1. The van der Waals surface area contributed by atoms with Crippen molar-refractivity contribution in [2.45, 2.75) is 33.6 Å². The van der Waals surface area contributed by atoms with E-state index in [4.69, 9.17) is 9.97 Å². The molecule has 2 N–H and O–H groups in total. The minimum atomic E-state index is 0.801. The average molecular weight is 392 g/mol. The predicted molar refractivity (Wildman–Crippen MR) is 117 cm³/mol. The summed E-state index contributed by atoms with van der Waals surface area (Å²) in [5.74, 6) is 1.69. The Bertz CT molecular complexity index is 1000. The number of benzene rings is 1. The molecule has 5 nitrogen and oxygen atoms in total. The fraction of sp³-hybridized carbons (Fsp3) is 0.318. The summed E-state index contributed by atoms with van der Waals surface area (Å²) in [6, 6.07) is 10.7. The van der Waals surface area contributed by atoms with Gasteiger partial charge in [-0.1, -0.05) is 35.9 Å². The highest BCUT2D eigenvalue weighted by atomic mass is 32.1. The van der Waals surface area contributed by atoms with Crippen molar-refractivity contribution in [1.29, 1.82) is 0 Å². The largest absolute Gasteiger partial charge is 0.356 e. The average Bonchev–Trinajstić information content (AvgIpc) is 3.16. The number of anilines is 1. The molecule has 0 spiro atoms. The van der Waals surface area contributed by atoms with Gasteiger partial charge in [0.15, 0.2) is 5.96 Å². The molecule has 144 valence electrons. The van der Waals surface area contributed by atoms with Crippen molar-refractivity contribution >= 4 is 23.1 Å². The van der Waals surface area contributed by atoms with Crippen molar-refractivity contribution in [2.24, 2.45) is 4.99 Å². The molecule has 0 radical (unpaired) electrons. The van der Waals surface area contributed by atoms with Crippen LogP contribution in [0.4, 0.5) is 5.82 Å². The molecule has 1 aromatic carbocycles. The second-order valence-electron chi connectivity index (χ2n) is 7.20. The third-order valence-corrected chi connectivity index (χ3v) is 5.73. The zero-order valence-corrected chi connectivity index (χ0v) is 17.4. The molecule has 0 amide bonds. The Morgan fingerprint density at radius 2 is 1.93 bits per heavy atom. The van der Waals surface area contributed by atoms with E-state index in [0.29, 0.717) is 0 Å². The maximum Gasteiger partial charge on any atom is 0.196 e. The lowest BCUT2D eigenvalue weighted by Crippen LogP contribution is -2.35. The second kappa shape index (κ2) is 8.10. The molecule has 2 aromatic heterocycles. The number of nitrogens with zero attached hydrogens (tertiary/aromatic N) is 3. The highest BCUT2D eigenvalue weighted by Crippen LogP contribution is 2.25. The highest BCUT2D eigenvalue weighted by molar-refractivity contribution is 7.10. The molecule has 3 heterocycles. The van der Waals surface area contributed by atoms with Gasteiger partial charge in [-0.3, -0.25) is 4.99 Å². The van der Waals surface area contributed by atoms with E-state index in [9.17, 15) is 0 Å². The Kier molecular flexibility index (Phi) is 5.39. The number of rotatable bonds is 4. The second-order valence-corrected chi connectivity index (χ2v) is 8.15. The summed E-state index contributed by atoms with van der Waals surface area (Å²) in [5, 5.41) is 9.85. The molecule has 1 aliphatic heterocycles. The number of aryl methyl sites for hydroxylation is 3. The molecule has 0 aliphatic carbocycles. The van der Waals surface area contributed by atoms with Gasteiger partial charge in [0, 0.05) is 36.1 Å². The molecule has 1 aliphatic rings. The van der Waals surface area contributed by atoms with E-state index in [1.807, 2.05) is 0 Å². The van der Waals surface area contributed by atoms with Gasteiger partial charge in [0.25, 0.3) is 0 Å². The van der Waals surface area contributed by atoms with E-state index in [0.717, 1.165) is 59.7 Å². The van der Waals surface area contributed by atoms with Crippen LogP contribution < -0.4 is 10.6 Å². The van der Waals surface area contributed by atoms with Crippen LogP contribution in [0, 0.1) is 20.8 Å². The van der Waals surface area contributed by atoms with Gasteiger partial charge in [0.2, 0.25) is 0 Å². The molecular formula is C22H25N5S. The number of thiazole rings is 1. The van der Waals surface area contributed by atoms with Gasteiger partial charge in [-0.15, -0.1) is 11.3 Å². The first-order chi connectivity index (χ1) is 13.6. The fourth-order valence-electron chi connectivity index (χ4n) is 3.21. The van der Waals surface area contributed by atoms with Crippen molar-refractivity contribution in [3.63, 3.8) is 0 Å². The lowest BCUT2D eigenvalue weighted by molar-refractivity contribution is 0.739. The van der Waals surface area contributed by atoms with Crippen LogP contribution in [-0.2, 0) is 6.42 Å². The van der Waals surface area contributed by atoms with Crippen LogP contribution in [0.25, 0.3) is 11.3 Å². The van der Waals surface area contributed by atoms with E-state index in [2.05, 4.69) is 72.1 Å². The summed E-state index contributed by atoms with van der Waals surface area (Å²) in [4.78, 5) is 14.1. The smallest absolute Gasteiger partial charge is 0.196 e. The van der Waals surface area contributed by atoms with E-state index in [1.54, 1.807) is 11.3 Å². The zero-order valence-electron chi connectivity index (χ0n) is 16.5. The number of pyridine rings is 1.